The van der Waals surface area contributed by atoms with Gasteiger partial charge in [-0.1, -0.05) is 28.1 Å². The highest BCUT2D eigenvalue weighted by Gasteiger charge is 2.54. The Morgan fingerprint density at radius 3 is 2.55 bits per heavy atom. The molecular formula is C16H20BrNO2. The molecule has 2 fully saturated rings. The van der Waals surface area contributed by atoms with Gasteiger partial charge in [-0.05, 0) is 44.4 Å². The number of carbonyl (C=O) groups excluding carboxylic acids is 1. The van der Waals surface area contributed by atoms with Crippen LogP contribution in [0.1, 0.15) is 32.3 Å². The van der Waals surface area contributed by atoms with Crippen LogP contribution in [-0.2, 0) is 14.9 Å². The van der Waals surface area contributed by atoms with Crippen LogP contribution in [0.5, 0.6) is 0 Å². The Morgan fingerprint density at radius 1 is 1.30 bits per heavy atom. The van der Waals surface area contributed by atoms with Gasteiger partial charge in [0, 0.05) is 11.0 Å². The molecule has 1 saturated heterocycles. The quantitative estimate of drug-likeness (QED) is 0.829. The Hall–Kier alpha value is -0.870. The van der Waals surface area contributed by atoms with Crippen LogP contribution < -0.4 is 0 Å². The van der Waals surface area contributed by atoms with Crippen molar-refractivity contribution in [2.45, 2.75) is 44.2 Å². The average molecular weight is 338 g/mol. The first-order valence-corrected chi connectivity index (χ1v) is 8.01. The molecule has 1 aliphatic carbocycles. The Bertz CT molecular complexity index is 510. The lowest BCUT2D eigenvalue weighted by molar-refractivity contribution is -0.146. The van der Waals surface area contributed by atoms with Crippen LogP contribution in [0.4, 0.5) is 0 Å². The highest BCUT2D eigenvalue weighted by Crippen LogP contribution is 2.50. The fourth-order valence-corrected chi connectivity index (χ4v) is 3.25. The summed E-state index contributed by atoms with van der Waals surface area (Å²) in [7, 11) is 0. The van der Waals surface area contributed by atoms with Crippen LogP contribution in [0.3, 0.4) is 0 Å². The van der Waals surface area contributed by atoms with E-state index in [4.69, 9.17) is 4.74 Å². The second-order valence-corrected chi connectivity index (χ2v) is 6.96. The van der Waals surface area contributed by atoms with Crippen LogP contribution in [0.2, 0.25) is 0 Å². The molecule has 0 aromatic heterocycles. The molecule has 0 N–H and O–H groups in total. The molecule has 1 saturated carbocycles. The van der Waals surface area contributed by atoms with Crippen LogP contribution in [0.15, 0.2) is 28.7 Å². The van der Waals surface area contributed by atoms with Crippen LogP contribution in [-0.4, -0.2) is 36.1 Å². The normalized spacial score (nSPS) is 28.2. The average Bonchev–Trinajstić information content (AvgIpc) is 3.23. The molecule has 1 aromatic rings. The van der Waals surface area contributed by atoms with E-state index in [2.05, 4.69) is 35.0 Å². The van der Waals surface area contributed by atoms with E-state index in [1.807, 2.05) is 24.0 Å². The van der Waals surface area contributed by atoms with Crippen molar-refractivity contribution in [3.8, 4) is 0 Å². The Labute approximate surface area is 128 Å². The summed E-state index contributed by atoms with van der Waals surface area (Å²) in [6.45, 7) is 5.45. The molecule has 3 nitrogen and oxygen atoms in total. The number of halogens is 1. The summed E-state index contributed by atoms with van der Waals surface area (Å²) >= 11 is 3.45. The predicted molar refractivity (Wildman–Crippen MR) is 81.6 cm³/mol. The first kappa shape index (κ1) is 14.1. The molecule has 2 atom stereocenters. The van der Waals surface area contributed by atoms with Gasteiger partial charge in [0.15, 0.2) is 0 Å². The zero-order valence-corrected chi connectivity index (χ0v) is 13.5. The smallest absolute Gasteiger partial charge is 0.233 e. The topological polar surface area (TPSA) is 29.5 Å². The number of rotatable bonds is 2. The van der Waals surface area contributed by atoms with E-state index in [9.17, 15) is 4.79 Å². The molecule has 0 bridgehead atoms. The van der Waals surface area contributed by atoms with Crippen molar-refractivity contribution in [3.63, 3.8) is 0 Å². The highest BCUT2D eigenvalue weighted by atomic mass is 79.9. The van der Waals surface area contributed by atoms with Crippen molar-refractivity contribution in [3.05, 3.63) is 34.3 Å². The lowest BCUT2D eigenvalue weighted by Crippen LogP contribution is -2.53. The van der Waals surface area contributed by atoms with Gasteiger partial charge in [0.05, 0.1) is 24.2 Å². The number of hydrogen-bond acceptors (Lipinski definition) is 2. The number of ether oxygens (including phenoxy) is 1. The number of morpholine rings is 1. The van der Waals surface area contributed by atoms with Crippen LogP contribution in [0.25, 0.3) is 0 Å². The van der Waals surface area contributed by atoms with E-state index in [1.165, 1.54) is 0 Å². The van der Waals surface area contributed by atoms with Gasteiger partial charge in [0.2, 0.25) is 5.91 Å². The molecule has 2 unspecified atom stereocenters. The van der Waals surface area contributed by atoms with Gasteiger partial charge in [-0.2, -0.15) is 0 Å². The van der Waals surface area contributed by atoms with Gasteiger partial charge in [-0.15, -0.1) is 0 Å². The number of hydrogen-bond donors (Lipinski definition) is 0. The molecule has 3 rings (SSSR count). The predicted octanol–water partition coefficient (Wildman–Crippen LogP) is 3.12. The van der Waals surface area contributed by atoms with E-state index in [0.717, 1.165) is 22.9 Å². The van der Waals surface area contributed by atoms with Crippen molar-refractivity contribution in [1.29, 1.82) is 0 Å². The molecule has 1 aliphatic heterocycles. The lowest BCUT2D eigenvalue weighted by Gasteiger charge is -2.39. The number of carbonyl (C=O) groups is 1. The van der Waals surface area contributed by atoms with E-state index in [0.29, 0.717) is 13.2 Å². The third-order valence-corrected chi connectivity index (χ3v) is 4.95. The minimum Gasteiger partial charge on any atom is -0.375 e. The molecule has 20 heavy (non-hydrogen) atoms. The maximum absolute atomic E-state index is 13.0. The van der Waals surface area contributed by atoms with Gasteiger partial charge >= 0.3 is 0 Å². The van der Waals surface area contributed by atoms with E-state index >= 15 is 0 Å². The van der Waals surface area contributed by atoms with E-state index in [1.54, 1.807) is 0 Å². The maximum Gasteiger partial charge on any atom is 0.233 e. The first-order chi connectivity index (χ1) is 9.53. The van der Waals surface area contributed by atoms with Crippen molar-refractivity contribution in [1.82, 2.24) is 4.90 Å². The third-order valence-electron chi connectivity index (χ3n) is 4.42. The largest absolute Gasteiger partial charge is 0.375 e. The minimum absolute atomic E-state index is 0.135. The standard InChI is InChI=1S/C16H20BrNO2/c1-11-10-20-12(2)9-18(11)15(19)16(7-8-16)13-3-5-14(17)6-4-13/h3-6,11-12H,7-10H2,1-2H3. The Morgan fingerprint density at radius 2 is 1.95 bits per heavy atom. The first-order valence-electron chi connectivity index (χ1n) is 7.22. The molecular weight excluding hydrogens is 318 g/mol. The fourth-order valence-electron chi connectivity index (χ4n) is 2.98. The van der Waals surface area contributed by atoms with Crippen molar-refractivity contribution >= 4 is 21.8 Å². The molecule has 1 heterocycles. The van der Waals surface area contributed by atoms with Gasteiger partial charge in [0.1, 0.15) is 0 Å². The lowest BCUT2D eigenvalue weighted by atomic mass is 9.93. The minimum atomic E-state index is -0.272. The monoisotopic (exact) mass is 337 g/mol. The zero-order valence-electron chi connectivity index (χ0n) is 11.9. The Kier molecular flexibility index (Phi) is 3.63. The van der Waals surface area contributed by atoms with Crippen molar-refractivity contribution < 1.29 is 9.53 Å². The molecule has 0 radical (unpaired) electrons. The number of benzene rings is 1. The van der Waals surface area contributed by atoms with Crippen LogP contribution in [0, 0.1) is 0 Å². The zero-order chi connectivity index (χ0) is 14.3. The highest BCUT2D eigenvalue weighted by molar-refractivity contribution is 9.10. The summed E-state index contributed by atoms with van der Waals surface area (Å²) in [6.07, 6.45) is 2.06. The van der Waals surface area contributed by atoms with Gasteiger partial charge in [-0.25, -0.2) is 0 Å². The molecule has 1 aromatic carbocycles. The molecule has 108 valence electrons. The van der Waals surface area contributed by atoms with Crippen molar-refractivity contribution in [2.75, 3.05) is 13.2 Å². The van der Waals surface area contributed by atoms with Gasteiger partial charge < -0.3 is 9.64 Å². The molecule has 2 aliphatic rings. The summed E-state index contributed by atoms with van der Waals surface area (Å²) in [4.78, 5) is 15.0. The summed E-state index contributed by atoms with van der Waals surface area (Å²) in [5.74, 6) is 0.280. The summed E-state index contributed by atoms with van der Waals surface area (Å²) in [5.41, 5.74) is 0.878. The SMILES string of the molecule is CC1CN(C(=O)C2(c3ccc(Br)cc3)CC2)C(C)CO1. The number of amides is 1. The molecule has 4 heteroatoms. The van der Waals surface area contributed by atoms with E-state index < -0.39 is 0 Å². The Balaban J connectivity index is 1.84. The summed E-state index contributed by atoms with van der Waals surface area (Å²) in [6, 6.07) is 8.36. The second-order valence-electron chi connectivity index (χ2n) is 6.04. The maximum atomic E-state index is 13.0. The summed E-state index contributed by atoms with van der Waals surface area (Å²) in [5, 5.41) is 0. The third kappa shape index (κ3) is 2.40. The summed E-state index contributed by atoms with van der Waals surface area (Å²) < 4.78 is 6.68. The van der Waals surface area contributed by atoms with Crippen LogP contribution >= 0.6 is 15.9 Å². The van der Waals surface area contributed by atoms with Gasteiger partial charge in [-0.3, -0.25) is 4.79 Å². The molecule has 1 amide bonds. The van der Waals surface area contributed by atoms with E-state index in [-0.39, 0.29) is 23.5 Å². The molecule has 0 spiro atoms. The number of nitrogens with zero attached hydrogens (tertiary/aromatic N) is 1. The van der Waals surface area contributed by atoms with Crippen molar-refractivity contribution in [2.24, 2.45) is 0 Å². The van der Waals surface area contributed by atoms with Gasteiger partial charge in [0.25, 0.3) is 0 Å². The fraction of sp³-hybridized carbons (Fsp3) is 0.562. The second kappa shape index (κ2) is 5.15.